The lowest BCUT2D eigenvalue weighted by molar-refractivity contribution is 0.0924. The van der Waals surface area contributed by atoms with Gasteiger partial charge in [0.1, 0.15) is 0 Å². The molecule has 1 unspecified atom stereocenters. The summed E-state index contributed by atoms with van der Waals surface area (Å²) in [5.41, 5.74) is 1.67. The van der Waals surface area contributed by atoms with Gasteiger partial charge in [0, 0.05) is 22.0 Å². The first kappa shape index (κ1) is 15.5. The Morgan fingerprint density at radius 2 is 2.11 bits per heavy atom. The molecule has 0 aliphatic rings. The molecule has 0 spiro atoms. The molecule has 0 bridgehead atoms. The Labute approximate surface area is 122 Å². The summed E-state index contributed by atoms with van der Waals surface area (Å²) in [6.07, 6.45) is 0.790. The summed E-state index contributed by atoms with van der Waals surface area (Å²) >= 11 is 9.21. The van der Waals surface area contributed by atoms with Crippen LogP contribution in [0.15, 0.2) is 22.7 Å². The summed E-state index contributed by atoms with van der Waals surface area (Å²) in [7, 11) is 0. The molecule has 1 aromatic carbocycles. The highest BCUT2D eigenvalue weighted by molar-refractivity contribution is 9.10. The minimum absolute atomic E-state index is 0.0300. The molecule has 0 heterocycles. The molecule has 1 rings (SSSR count). The van der Waals surface area contributed by atoms with E-state index in [9.17, 15) is 4.79 Å². The zero-order valence-corrected chi connectivity index (χ0v) is 13.3. The molecule has 0 radical (unpaired) electrons. The van der Waals surface area contributed by atoms with Crippen molar-refractivity contribution < 1.29 is 4.79 Å². The number of carbonyl (C=O) groups is 1. The molecule has 1 amide bonds. The molecule has 18 heavy (non-hydrogen) atoms. The molecule has 2 nitrogen and oxygen atoms in total. The van der Waals surface area contributed by atoms with Crippen LogP contribution in [0, 0.1) is 12.8 Å². The van der Waals surface area contributed by atoms with Crippen molar-refractivity contribution in [3.63, 3.8) is 0 Å². The quantitative estimate of drug-likeness (QED) is 0.807. The molecule has 0 saturated heterocycles. The lowest BCUT2D eigenvalue weighted by Crippen LogP contribution is -2.39. The topological polar surface area (TPSA) is 29.1 Å². The van der Waals surface area contributed by atoms with Gasteiger partial charge in [-0.1, -0.05) is 35.8 Å². The highest BCUT2D eigenvalue weighted by Gasteiger charge is 2.18. The van der Waals surface area contributed by atoms with Crippen molar-refractivity contribution in [2.75, 3.05) is 5.88 Å². The van der Waals surface area contributed by atoms with Gasteiger partial charge in [0.15, 0.2) is 0 Å². The maximum absolute atomic E-state index is 12.2. The fourth-order valence-corrected chi connectivity index (χ4v) is 2.39. The number of hydrogen-bond acceptors (Lipinski definition) is 1. The lowest BCUT2D eigenvalue weighted by Gasteiger charge is -2.22. The van der Waals surface area contributed by atoms with Gasteiger partial charge in [-0.3, -0.25) is 4.79 Å². The summed E-state index contributed by atoms with van der Waals surface area (Å²) in [5, 5.41) is 3.06. The van der Waals surface area contributed by atoms with E-state index in [1.807, 2.05) is 25.1 Å². The van der Waals surface area contributed by atoms with Crippen molar-refractivity contribution in [2.45, 2.75) is 33.2 Å². The number of amides is 1. The summed E-state index contributed by atoms with van der Waals surface area (Å²) in [4.78, 5) is 12.2. The van der Waals surface area contributed by atoms with E-state index >= 15 is 0 Å². The zero-order valence-electron chi connectivity index (χ0n) is 11.0. The van der Waals surface area contributed by atoms with E-state index in [1.54, 1.807) is 0 Å². The van der Waals surface area contributed by atoms with Crippen LogP contribution in [-0.2, 0) is 0 Å². The molecular weight excluding hydrogens is 314 g/mol. The Morgan fingerprint density at radius 1 is 1.44 bits per heavy atom. The van der Waals surface area contributed by atoms with Crippen molar-refractivity contribution in [1.29, 1.82) is 0 Å². The fourth-order valence-electron chi connectivity index (χ4n) is 1.79. The van der Waals surface area contributed by atoms with E-state index in [2.05, 4.69) is 35.1 Å². The molecule has 4 heteroatoms. The number of hydrogen-bond donors (Lipinski definition) is 1. The van der Waals surface area contributed by atoms with Gasteiger partial charge < -0.3 is 5.32 Å². The monoisotopic (exact) mass is 331 g/mol. The van der Waals surface area contributed by atoms with Gasteiger partial charge in [0.25, 0.3) is 5.91 Å². The average molecular weight is 333 g/mol. The van der Waals surface area contributed by atoms with Crippen LogP contribution in [-0.4, -0.2) is 17.8 Å². The fraction of sp³-hybridized carbons (Fsp3) is 0.500. The van der Waals surface area contributed by atoms with E-state index in [0.717, 1.165) is 16.5 Å². The summed E-state index contributed by atoms with van der Waals surface area (Å²) in [6.45, 7) is 6.11. The smallest absolute Gasteiger partial charge is 0.251 e. The Hall–Kier alpha value is -0.540. The van der Waals surface area contributed by atoms with Gasteiger partial charge in [-0.15, -0.1) is 11.6 Å². The lowest BCUT2D eigenvalue weighted by atomic mass is 10.0. The molecule has 0 fully saturated rings. The molecule has 100 valence electrons. The molecule has 0 aromatic heterocycles. The average Bonchev–Trinajstić information content (AvgIpc) is 2.31. The third kappa shape index (κ3) is 3.99. The third-order valence-electron chi connectivity index (χ3n) is 3.05. The Balaban J connectivity index is 2.84. The van der Waals surface area contributed by atoms with Crippen LogP contribution >= 0.6 is 27.5 Å². The summed E-state index contributed by atoms with van der Waals surface area (Å²) in [5.74, 6) is 0.901. The first-order valence-electron chi connectivity index (χ1n) is 6.09. The maximum Gasteiger partial charge on any atom is 0.251 e. The zero-order chi connectivity index (χ0) is 13.7. The standard InChI is InChI=1S/C14H19BrClNO/c1-9(2)13(7-8-16)17-14(18)11-5-4-6-12(15)10(11)3/h4-6,9,13H,7-8H2,1-3H3,(H,17,18). The number of carbonyl (C=O) groups excluding carboxylic acids is 1. The minimum atomic E-state index is -0.0300. The number of rotatable bonds is 5. The Morgan fingerprint density at radius 3 is 2.67 bits per heavy atom. The first-order valence-corrected chi connectivity index (χ1v) is 7.42. The van der Waals surface area contributed by atoms with Crippen LogP contribution in [0.5, 0.6) is 0 Å². The predicted molar refractivity (Wildman–Crippen MR) is 80.3 cm³/mol. The minimum Gasteiger partial charge on any atom is -0.349 e. The summed E-state index contributed by atoms with van der Waals surface area (Å²) < 4.78 is 0.952. The third-order valence-corrected chi connectivity index (χ3v) is 4.13. The van der Waals surface area contributed by atoms with E-state index in [4.69, 9.17) is 11.6 Å². The molecule has 0 aliphatic heterocycles. The molecule has 0 aliphatic carbocycles. The second kappa shape index (κ2) is 7.15. The van der Waals surface area contributed by atoms with Gasteiger partial charge in [0.2, 0.25) is 0 Å². The molecule has 1 aromatic rings. The van der Waals surface area contributed by atoms with Crippen LogP contribution in [0.2, 0.25) is 0 Å². The first-order chi connectivity index (χ1) is 8.47. The number of benzene rings is 1. The Kier molecular flexibility index (Phi) is 6.16. The van der Waals surface area contributed by atoms with Crippen LogP contribution in [0.1, 0.15) is 36.2 Å². The molecule has 1 atom stereocenters. The van der Waals surface area contributed by atoms with Crippen LogP contribution < -0.4 is 5.32 Å². The van der Waals surface area contributed by atoms with E-state index in [-0.39, 0.29) is 11.9 Å². The second-order valence-corrected chi connectivity index (χ2v) is 5.95. The highest BCUT2D eigenvalue weighted by atomic mass is 79.9. The normalized spacial score (nSPS) is 12.6. The number of nitrogens with one attached hydrogen (secondary N) is 1. The van der Waals surface area contributed by atoms with Gasteiger partial charge in [-0.05, 0) is 37.0 Å². The van der Waals surface area contributed by atoms with Gasteiger partial charge in [-0.25, -0.2) is 0 Å². The van der Waals surface area contributed by atoms with Crippen molar-refractivity contribution in [3.8, 4) is 0 Å². The maximum atomic E-state index is 12.2. The van der Waals surface area contributed by atoms with E-state index < -0.39 is 0 Å². The second-order valence-electron chi connectivity index (χ2n) is 4.71. The van der Waals surface area contributed by atoms with Crippen molar-refractivity contribution in [3.05, 3.63) is 33.8 Å². The van der Waals surface area contributed by atoms with Gasteiger partial charge in [-0.2, -0.15) is 0 Å². The van der Waals surface area contributed by atoms with Crippen molar-refractivity contribution in [1.82, 2.24) is 5.32 Å². The molecular formula is C14H19BrClNO. The Bertz CT molecular complexity index is 420. The van der Waals surface area contributed by atoms with Crippen LogP contribution in [0.25, 0.3) is 0 Å². The van der Waals surface area contributed by atoms with E-state index in [1.165, 1.54) is 0 Å². The molecule has 0 saturated carbocycles. The largest absolute Gasteiger partial charge is 0.349 e. The van der Waals surface area contributed by atoms with Gasteiger partial charge in [0.05, 0.1) is 0 Å². The summed E-state index contributed by atoms with van der Waals surface area (Å²) in [6, 6.07) is 5.77. The highest BCUT2D eigenvalue weighted by Crippen LogP contribution is 2.20. The predicted octanol–water partition coefficient (Wildman–Crippen LogP) is 4.14. The SMILES string of the molecule is Cc1c(Br)cccc1C(=O)NC(CCCl)C(C)C. The number of alkyl halides is 1. The van der Waals surface area contributed by atoms with Crippen molar-refractivity contribution >= 4 is 33.4 Å². The van der Waals surface area contributed by atoms with Crippen LogP contribution in [0.4, 0.5) is 0 Å². The number of halogens is 2. The van der Waals surface area contributed by atoms with Crippen LogP contribution in [0.3, 0.4) is 0 Å². The molecule has 1 N–H and O–H groups in total. The van der Waals surface area contributed by atoms with Gasteiger partial charge >= 0.3 is 0 Å². The van der Waals surface area contributed by atoms with E-state index in [0.29, 0.717) is 17.4 Å². The van der Waals surface area contributed by atoms with Crippen molar-refractivity contribution in [2.24, 2.45) is 5.92 Å².